The van der Waals surface area contributed by atoms with Crippen molar-refractivity contribution in [3.05, 3.63) is 54.5 Å². The quantitative estimate of drug-likeness (QED) is 0.871. The van der Waals surface area contributed by atoms with Crippen molar-refractivity contribution in [2.75, 3.05) is 37.6 Å². The van der Waals surface area contributed by atoms with Crippen LogP contribution < -0.4 is 4.90 Å². The van der Waals surface area contributed by atoms with Gasteiger partial charge in [-0.1, -0.05) is 18.2 Å². The van der Waals surface area contributed by atoms with Gasteiger partial charge in [0.05, 0.1) is 6.26 Å². The van der Waals surface area contributed by atoms with Gasteiger partial charge in [-0.2, -0.15) is 0 Å². The van der Waals surface area contributed by atoms with Gasteiger partial charge in [0.25, 0.3) is 5.91 Å². The second-order valence-corrected chi connectivity index (χ2v) is 5.62. The van der Waals surface area contributed by atoms with Crippen LogP contribution in [0.3, 0.4) is 0 Å². The number of urea groups is 1. The molecular weight excluding hydrogens is 306 g/mol. The van der Waals surface area contributed by atoms with E-state index in [2.05, 4.69) is 0 Å². The minimum atomic E-state index is -0.123. The van der Waals surface area contributed by atoms with Gasteiger partial charge >= 0.3 is 6.03 Å². The molecule has 1 saturated heterocycles. The number of carbonyl (C=O) groups is 2. The van der Waals surface area contributed by atoms with E-state index in [1.807, 2.05) is 37.3 Å². The highest BCUT2D eigenvalue weighted by Gasteiger charge is 2.28. The van der Waals surface area contributed by atoms with E-state index < -0.39 is 0 Å². The molecule has 3 amide bonds. The second kappa shape index (κ2) is 7.21. The predicted molar refractivity (Wildman–Crippen MR) is 91.0 cm³/mol. The largest absolute Gasteiger partial charge is 0.459 e. The van der Waals surface area contributed by atoms with Crippen LogP contribution in [0.5, 0.6) is 0 Å². The maximum Gasteiger partial charge on any atom is 0.324 e. The number of hydrogen-bond acceptors (Lipinski definition) is 3. The average Bonchev–Trinajstić information content (AvgIpc) is 3.17. The number of amides is 3. The van der Waals surface area contributed by atoms with Gasteiger partial charge in [-0.3, -0.25) is 9.69 Å². The van der Waals surface area contributed by atoms with E-state index in [1.54, 1.807) is 26.8 Å². The van der Waals surface area contributed by atoms with Gasteiger partial charge in [-0.25, -0.2) is 4.79 Å². The molecule has 2 heterocycles. The number of nitrogens with zero attached hydrogens (tertiary/aromatic N) is 3. The van der Waals surface area contributed by atoms with Crippen molar-refractivity contribution in [1.29, 1.82) is 0 Å². The van der Waals surface area contributed by atoms with E-state index >= 15 is 0 Å². The van der Waals surface area contributed by atoms with Crippen LogP contribution >= 0.6 is 0 Å². The summed E-state index contributed by atoms with van der Waals surface area (Å²) in [5, 5.41) is 0. The normalized spacial score (nSPS) is 14.5. The Hall–Kier alpha value is -2.76. The van der Waals surface area contributed by atoms with Gasteiger partial charge in [0.15, 0.2) is 5.76 Å². The minimum Gasteiger partial charge on any atom is -0.459 e. The first-order valence-electron chi connectivity index (χ1n) is 8.15. The fourth-order valence-corrected chi connectivity index (χ4v) is 2.86. The number of piperazine rings is 1. The third-order valence-corrected chi connectivity index (χ3v) is 4.18. The van der Waals surface area contributed by atoms with E-state index in [1.165, 1.54) is 6.26 Å². The molecule has 0 spiro atoms. The van der Waals surface area contributed by atoms with E-state index in [-0.39, 0.29) is 11.9 Å². The Kier molecular flexibility index (Phi) is 4.84. The van der Waals surface area contributed by atoms with Crippen LogP contribution in [0.1, 0.15) is 17.5 Å². The number of carbonyl (C=O) groups excluding carboxylic acids is 2. The van der Waals surface area contributed by atoms with Crippen molar-refractivity contribution < 1.29 is 14.0 Å². The zero-order chi connectivity index (χ0) is 16.9. The number of anilines is 1. The molecule has 1 aromatic carbocycles. The third kappa shape index (κ3) is 3.27. The molecule has 0 N–H and O–H groups in total. The lowest BCUT2D eigenvalue weighted by Gasteiger charge is -2.37. The minimum absolute atomic E-state index is 0.0196. The fourth-order valence-electron chi connectivity index (χ4n) is 2.86. The van der Waals surface area contributed by atoms with Crippen molar-refractivity contribution >= 4 is 17.6 Å². The van der Waals surface area contributed by atoms with Gasteiger partial charge < -0.3 is 14.2 Å². The first-order chi connectivity index (χ1) is 11.7. The number of para-hydroxylation sites is 1. The molecule has 1 aliphatic heterocycles. The smallest absolute Gasteiger partial charge is 0.324 e. The molecule has 0 unspecified atom stereocenters. The SMILES string of the molecule is CCN(C(=O)N1CCN(C(=O)c2ccco2)CC1)c1ccccc1. The third-order valence-electron chi connectivity index (χ3n) is 4.18. The summed E-state index contributed by atoms with van der Waals surface area (Å²) in [5.41, 5.74) is 0.888. The van der Waals surface area contributed by atoms with Gasteiger partial charge in [-0.15, -0.1) is 0 Å². The number of hydrogen-bond donors (Lipinski definition) is 0. The van der Waals surface area contributed by atoms with Gasteiger partial charge in [0, 0.05) is 38.4 Å². The highest BCUT2D eigenvalue weighted by molar-refractivity contribution is 5.93. The molecule has 0 bridgehead atoms. The molecule has 0 aliphatic carbocycles. The molecule has 2 aromatic rings. The highest BCUT2D eigenvalue weighted by atomic mass is 16.3. The second-order valence-electron chi connectivity index (χ2n) is 5.62. The first-order valence-corrected chi connectivity index (χ1v) is 8.15. The molecule has 1 fully saturated rings. The van der Waals surface area contributed by atoms with Crippen molar-refractivity contribution in [3.8, 4) is 0 Å². The fraction of sp³-hybridized carbons (Fsp3) is 0.333. The summed E-state index contributed by atoms with van der Waals surface area (Å²) in [4.78, 5) is 30.3. The summed E-state index contributed by atoms with van der Waals surface area (Å²) in [7, 11) is 0. The monoisotopic (exact) mass is 327 g/mol. The van der Waals surface area contributed by atoms with Crippen molar-refractivity contribution in [1.82, 2.24) is 9.80 Å². The number of furan rings is 1. The van der Waals surface area contributed by atoms with Crippen molar-refractivity contribution in [2.45, 2.75) is 6.92 Å². The molecule has 24 heavy (non-hydrogen) atoms. The Morgan fingerprint density at radius 3 is 2.25 bits per heavy atom. The van der Waals surface area contributed by atoms with E-state index in [0.29, 0.717) is 38.5 Å². The predicted octanol–water partition coefficient (Wildman–Crippen LogP) is 2.68. The van der Waals surface area contributed by atoms with Crippen molar-refractivity contribution in [3.63, 3.8) is 0 Å². The molecular formula is C18H21N3O3. The van der Waals surface area contributed by atoms with E-state index in [4.69, 9.17) is 4.42 Å². The van der Waals surface area contributed by atoms with Gasteiger partial charge in [0.2, 0.25) is 0 Å². The molecule has 0 saturated carbocycles. The maximum atomic E-state index is 12.8. The standard InChI is InChI=1S/C18H21N3O3/c1-2-21(15-7-4-3-5-8-15)18(23)20-12-10-19(11-13-20)17(22)16-9-6-14-24-16/h3-9,14H,2,10-13H2,1H3. The molecule has 3 rings (SSSR count). The van der Waals surface area contributed by atoms with Crippen LogP contribution in [-0.2, 0) is 0 Å². The topological polar surface area (TPSA) is 57.0 Å². The Bertz CT molecular complexity index is 677. The average molecular weight is 327 g/mol. The van der Waals surface area contributed by atoms with Crippen LogP contribution in [0.2, 0.25) is 0 Å². The van der Waals surface area contributed by atoms with Crippen molar-refractivity contribution in [2.24, 2.45) is 0 Å². The summed E-state index contributed by atoms with van der Waals surface area (Å²) >= 11 is 0. The Labute approximate surface area is 141 Å². The van der Waals surface area contributed by atoms with Crippen LogP contribution in [0.25, 0.3) is 0 Å². The molecule has 6 heteroatoms. The van der Waals surface area contributed by atoms with Crippen LogP contribution in [0.4, 0.5) is 10.5 Å². The Morgan fingerprint density at radius 1 is 1.00 bits per heavy atom. The zero-order valence-electron chi connectivity index (χ0n) is 13.7. The van der Waals surface area contributed by atoms with Gasteiger partial charge in [-0.05, 0) is 31.2 Å². The van der Waals surface area contributed by atoms with Crippen LogP contribution in [-0.4, -0.2) is 54.5 Å². The lowest BCUT2D eigenvalue weighted by Crippen LogP contribution is -2.54. The molecule has 126 valence electrons. The zero-order valence-corrected chi connectivity index (χ0v) is 13.7. The Balaban J connectivity index is 1.61. The molecule has 1 aliphatic rings. The number of rotatable bonds is 3. The lowest BCUT2D eigenvalue weighted by molar-refractivity contribution is 0.0637. The molecule has 6 nitrogen and oxygen atoms in total. The van der Waals surface area contributed by atoms with Crippen LogP contribution in [0, 0.1) is 0 Å². The number of benzene rings is 1. The summed E-state index contributed by atoms with van der Waals surface area (Å²) in [6.07, 6.45) is 1.49. The molecule has 1 aromatic heterocycles. The summed E-state index contributed by atoms with van der Waals surface area (Å²) < 4.78 is 5.16. The lowest BCUT2D eigenvalue weighted by atomic mass is 10.2. The first kappa shape index (κ1) is 16.1. The molecule has 0 radical (unpaired) electrons. The van der Waals surface area contributed by atoms with E-state index in [9.17, 15) is 9.59 Å². The summed E-state index contributed by atoms with van der Waals surface area (Å²) in [5.74, 6) is 0.219. The van der Waals surface area contributed by atoms with Crippen LogP contribution in [0.15, 0.2) is 53.1 Å². The highest BCUT2D eigenvalue weighted by Crippen LogP contribution is 2.17. The molecule has 0 atom stereocenters. The van der Waals surface area contributed by atoms with Gasteiger partial charge in [0.1, 0.15) is 0 Å². The Morgan fingerprint density at radius 2 is 1.67 bits per heavy atom. The van der Waals surface area contributed by atoms with E-state index in [0.717, 1.165) is 5.69 Å². The summed E-state index contributed by atoms with van der Waals surface area (Å²) in [6.45, 7) is 4.63. The summed E-state index contributed by atoms with van der Waals surface area (Å²) in [6, 6.07) is 13.0. The maximum absolute atomic E-state index is 12.8.